The standard InChI is InChI=1S/C28H42O7Si/c1-20(26(34-19-32-6)21(2)24(29)25(30)27(31)33-7)18-35-36(28(3,4)5,22-14-10-8-11-15-22)23-16-12-9-13-17-23/h8-17,20-21,24-26,29-30H,18-19H2,1-7H3/t20-,21+,24-,25+,26+/m1/s1. The van der Waals surface area contributed by atoms with Crippen molar-refractivity contribution in [3.63, 3.8) is 0 Å². The SMILES string of the molecule is COCO[C@H]([C@@H](C)[C@@H](O)[C@H](O)C(=O)OC)[C@H](C)CO[Si](c1ccccc1)(c1ccccc1)C(C)(C)C. The van der Waals surface area contributed by atoms with Crippen LogP contribution in [-0.4, -0.2) is 70.4 Å². The van der Waals surface area contributed by atoms with Crippen molar-refractivity contribution in [1.82, 2.24) is 0 Å². The van der Waals surface area contributed by atoms with E-state index < -0.39 is 38.5 Å². The molecule has 0 saturated carbocycles. The minimum absolute atomic E-state index is 0.000398. The monoisotopic (exact) mass is 518 g/mol. The van der Waals surface area contributed by atoms with E-state index in [1.54, 1.807) is 6.92 Å². The van der Waals surface area contributed by atoms with Gasteiger partial charge in [-0.2, -0.15) is 0 Å². The molecule has 8 heteroatoms. The van der Waals surface area contributed by atoms with E-state index >= 15 is 0 Å². The number of aliphatic hydroxyl groups excluding tert-OH is 2. The smallest absolute Gasteiger partial charge is 0.337 e. The summed E-state index contributed by atoms with van der Waals surface area (Å²) >= 11 is 0. The number of ether oxygens (including phenoxy) is 3. The van der Waals surface area contributed by atoms with Crippen LogP contribution in [0.25, 0.3) is 0 Å². The molecule has 0 spiro atoms. The molecule has 7 nitrogen and oxygen atoms in total. The number of carbonyl (C=O) groups is 1. The number of benzene rings is 2. The lowest BCUT2D eigenvalue weighted by Crippen LogP contribution is -2.67. The van der Waals surface area contributed by atoms with Gasteiger partial charge in [-0.3, -0.25) is 0 Å². The quantitative estimate of drug-likeness (QED) is 0.239. The van der Waals surface area contributed by atoms with Crippen molar-refractivity contribution in [2.45, 2.75) is 58.0 Å². The lowest BCUT2D eigenvalue weighted by atomic mass is 9.87. The maximum atomic E-state index is 11.8. The second-order valence-corrected chi connectivity index (χ2v) is 14.6. The van der Waals surface area contributed by atoms with Crippen LogP contribution in [0.5, 0.6) is 0 Å². The van der Waals surface area contributed by atoms with Crippen molar-refractivity contribution in [3.8, 4) is 0 Å². The third kappa shape index (κ3) is 6.82. The molecule has 2 N–H and O–H groups in total. The predicted molar refractivity (Wildman–Crippen MR) is 143 cm³/mol. The van der Waals surface area contributed by atoms with Crippen LogP contribution < -0.4 is 10.4 Å². The van der Waals surface area contributed by atoms with Gasteiger partial charge in [-0.15, -0.1) is 0 Å². The Bertz CT molecular complexity index is 877. The van der Waals surface area contributed by atoms with Gasteiger partial charge in [-0.1, -0.05) is 95.3 Å². The normalized spacial score (nSPS) is 16.6. The fraction of sp³-hybridized carbons (Fsp3) is 0.536. The van der Waals surface area contributed by atoms with Crippen LogP contribution >= 0.6 is 0 Å². The Kier molecular flexibility index (Phi) is 11.3. The first-order chi connectivity index (χ1) is 17.0. The van der Waals surface area contributed by atoms with Crippen LogP contribution in [-0.2, 0) is 23.4 Å². The van der Waals surface area contributed by atoms with Crippen LogP contribution in [0.4, 0.5) is 0 Å². The zero-order chi connectivity index (χ0) is 26.9. The molecule has 2 aromatic rings. The molecule has 0 unspecified atom stereocenters. The van der Waals surface area contributed by atoms with Gasteiger partial charge >= 0.3 is 5.97 Å². The number of carbonyl (C=O) groups excluding carboxylic acids is 1. The van der Waals surface area contributed by atoms with Crippen molar-refractivity contribution in [1.29, 1.82) is 0 Å². The minimum Gasteiger partial charge on any atom is -0.467 e. The van der Waals surface area contributed by atoms with E-state index in [2.05, 4.69) is 49.8 Å². The largest absolute Gasteiger partial charge is 0.467 e. The Balaban J connectivity index is 2.42. The summed E-state index contributed by atoms with van der Waals surface area (Å²) < 4.78 is 22.7. The summed E-state index contributed by atoms with van der Waals surface area (Å²) in [7, 11) is -0.0818. The lowest BCUT2D eigenvalue weighted by Gasteiger charge is -2.44. The van der Waals surface area contributed by atoms with E-state index in [1.165, 1.54) is 24.6 Å². The van der Waals surface area contributed by atoms with Gasteiger partial charge in [-0.25, -0.2) is 4.79 Å². The molecule has 2 aromatic carbocycles. The Morgan fingerprint density at radius 3 is 1.83 bits per heavy atom. The van der Waals surface area contributed by atoms with Gasteiger partial charge < -0.3 is 28.8 Å². The third-order valence-corrected chi connectivity index (χ3v) is 11.7. The van der Waals surface area contributed by atoms with Crippen molar-refractivity contribution in [2.75, 3.05) is 27.6 Å². The molecule has 0 saturated heterocycles. The van der Waals surface area contributed by atoms with E-state index in [0.29, 0.717) is 6.61 Å². The molecule has 0 heterocycles. The van der Waals surface area contributed by atoms with Crippen LogP contribution in [0, 0.1) is 11.8 Å². The molecule has 0 fully saturated rings. The average Bonchev–Trinajstić information content (AvgIpc) is 2.88. The summed E-state index contributed by atoms with van der Waals surface area (Å²) in [5.41, 5.74) is 0. The molecule has 200 valence electrons. The zero-order valence-electron chi connectivity index (χ0n) is 22.5. The van der Waals surface area contributed by atoms with E-state index in [1.807, 2.05) is 43.3 Å². The number of rotatable bonds is 13. The first-order valence-electron chi connectivity index (χ1n) is 12.3. The minimum atomic E-state index is -2.77. The van der Waals surface area contributed by atoms with Crippen LogP contribution in [0.15, 0.2) is 60.7 Å². The number of esters is 1. The second kappa shape index (κ2) is 13.5. The van der Waals surface area contributed by atoms with Crippen LogP contribution in [0.3, 0.4) is 0 Å². The molecule has 0 radical (unpaired) electrons. The summed E-state index contributed by atoms with van der Waals surface area (Å²) in [6.07, 6.45) is -3.62. The molecule has 0 aliphatic heterocycles. The van der Waals surface area contributed by atoms with Crippen molar-refractivity contribution in [2.24, 2.45) is 11.8 Å². The van der Waals surface area contributed by atoms with Gasteiger partial charge in [0.15, 0.2) is 6.10 Å². The van der Waals surface area contributed by atoms with Gasteiger partial charge in [-0.05, 0) is 15.4 Å². The summed E-state index contributed by atoms with van der Waals surface area (Å²) in [5.74, 6) is -1.70. The number of hydrogen-bond acceptors (Lipinski definition) is 7. The molecule has 5 atom stereocenters. The molecule has 0 aliphatic carbocycles. The molecule has 0 bridgehead atoms. The van der Waals surface area contributed by atoms with E-state index in [0.717, 1.165) is 0 Å². The topological polar surface area (TPSA) is 94.5 Å². The summed E-state index contributed by atoms with van der Waals surface area (Å²) in [6.45, 7) is 10.7. The first kappa shape index (κ1) is 30.2. The van der Waals surface area contributed by atoms with Gasteiger partial charge in [0.25, 0.3) is 8.32 Å². The molecule has 0 aromatic heterocycles. The summed E-state index contributed by atoms with van der Waals surface area (Å²) in [4.78, 5) is 11.8. The zero-order valence-corrected chi connectivity index (χ0v) is 23.5. The molecule has 36 heavy (non-hydrogen) atoms. The highest BCUT2D eigenvalue weighted by Gasteiger charge is 2.50. The number of methoxy groups -OCH3 is 2. The Morgan fingerprint density at radius 2 is 1.42 bits per heavy atom. The van der Waals surface area contributed by atoms with Crippen molar-refractivity contribution in [3.05, 3.63) is 60.7 Å². The second-order valence-electron chi connectivity index (χ2n) is 10.3. The molecule has 0 amide bonds. The Hall–Kier alpha value is -2.07. The summed E-state index contributed by atoms with van der Waals surface area (Å²) in [5, 5.41) is 23.1. The highest BCUT2D eigenvalue weighted by Crippen LogP contribution is 2.37. The van der Waals surface area contributed by atoms with Crippen molar-refractivity contribution >= 4 is 24.7 Å². The number of hydrogen-bond donors (Lipinski definition) is 2. The van der Waals surface area contributed by atoms with Gasteiger partial charge in [0, 0.05) is 25.6 Å². The predicted octanol–water partition coefficient (Wildman–Crippen LogP) is 2.72. The Labute approximate surface area is 216 Å². The molecule has 0 aliphatic rings. The van der Waals surface area contributed by atoms with E-state index in [4.69, 9.17) is 13.9 Å². The van der Waals surface area contributed by atoms with Crippen molar-refractivity contribution < 1.29 is 33.6 Å². The van der Waals surface area contributed by atoms with Crippen LogP contribution in [0.2, 0.25) is 5.04 Å². The Morgan fingerprint density at radius 1 is 0.917 bits per heavy atom. The highest BCUT2D eigenvalue weighted by atomic mass is 28.4. The molecular formula is C28H42O7Si. The first-order valence-corrected chi connectivity index (χ1v) is 14.2. The number of aliphatic hydroxyl groups is 2. The van der Waals surface area contributed by atoms with Crippen LogP contribution in [0.1, 0.15) is 34.6 Å². The van der Waals surface area contributed by atoms with E-state index in [-0.39, 0.29) is 17.7 Å². The third-order valence-electron chi connectivity index (χ3n) is 6.74. The maximum Gasteiger partial charge on any atom is 0.337 e. The highest BCUT2D eigenvalue weighted by molar-refractivity contribution is 6.99. The molecule has 2 rings (SSSR count). The van der Waals surface area contributed by atoms with Gasteiger partial charge in [0.05, 0.1) is 19.3 Å². The van der Waals surface area contributed by atoms with Gasteiger partial charge in [0.1, 0.15) is 6.79 Å². The fourth-order valence-electron chi connectivity index (χ4n) is 4.84. The lowest BCUT2D eigenvalue weighted by molar-refractivity contribution is -0.168. The maximum absolute atomic E-state index is 11.8. The van der Waals surface area contributed by atoms with Gasteiger partial charge in [0.2, 0.25) is 0 Å². The molecular weight excluding hydrogens is 476 g/mol. The summed E-state index contributed by atoms with van der Waals surface area (Å²) in [6, 6.07) is 20.7. The fourth-order valence-corrected chi connectivity index (χ4v) is 9.50. The van der Waals surface area contributed by atoms with E-state index in [9.17, 15) is 15.0 Å². The average molecular weight is 519 g/mol.